The van der Waals surface area contributed by atoms with E-state index in [1.165, 1.54) is 0 Å². The van der Waals surface area contributed by atoms with Crippen LogP contribution in [-0.4, -0.2) is 29.5 Å². The van der Waals surface area contributed by atoms with Crippen LogP contribution in [0.4, 0.5) is 5.82 Å². The van der Waals surface area contributed by atoms with Gasteiger partial charge in [-0.15, -0.1) is 5.10 Å². The smallest absolute Gasteiger partial charge is 0.161 e. The lowest BCUT2D eigenvalue weighted by atomic mass is 10.1. The van der Waals surface area contributed by atoms with Gasteiger partial charge in [0.1, 0.15) is 18.5 Å². The number of hydrogen-bond acceptors (Lipinski definition) is 5. The molecule has 0 amide bonds. The Balaban J connectivity index is 1.54. The van der Waals surface area contributed by atoms with E-state index in [1.807, 2.05) is 43.3 Å². The van der Waals surface area contributed by atoms with E-state index in [2.05, 4.69) is 15.5 Å². The number of rotatable bonds is 5. The van der Waals surface area contributed by atoms with Crippen molar-refractivity contribution in [2.45, 2.75) is 25.9 Å². The van der Waals surface area contributed by atoms with Crippen LogP contribution in [0.15, 0.2) is 36.4 Å². The molecule has 1 aliphatic rings. The van der Waals surface area contributed by atoms with Gasteiger partial charge in [0, 0.05) is 6.54 Å². The van der Waals surface area contributed by atoms with Gasteiger partial charge in [0.05, 0.1) is 5.69 Å². The fraction of sp³-hybridized carbons (Fsp3) is 0.375. The third kappa shape index (κ3) is 3.42. The standard InChI is InChI=1S/C16H19N3O2/c1-2-17-16-10-8-12(18-19-16)7-9-13-11-20-14-5-3-4-6-15(14)21-13/h3-6,8,10,13H,2,7,9,11H2,1H3,(H,17,19)/t13-/m1/s1. The van der Waals surface area contributed by atoms with Crippen LogP contribution in [-0.2, 0) is 6.42 Å². The molecule has 0 fully saturated rings. The minimum Gasteiger partial charge on any atom is -0.486 e. The fourth-order valence-electron chi connectivity index (χ4n) is 2.28. The summed E-state index contributed by atoms with van der Waals surface area (Å²) >= 11 is 0. The van der Waals surface area contributed by atoms with E-state index in [4.69, 9.17) is 9.47 Å². The number of nitrogens with zero attached hydrogens (tertiary/aromatic N) is 2. The average molecular weight is 285 g/mol. The van der Waals surface area contributed by atoms with Crippen molar-refractivity contribution in [1.82, 2.24) is 10.2 Å². The summed E-state index contributed by atoms with van der Waals surface area (Å²) in [4.78, 5) is 0. The van der Waals surface area contributed by atoms with Crippen molar-refractivity contribution in [2.75, 3.05) is 18.5 Å². The Morgan fingerprint density at radius 2 is 2.00 bits per heavy atom. The van der Waals surface area contributed by atoms with Crippen molar-refractivity contribution >= 4 is 5.82 Å². The zero-order chi connectivity index (χ0) is 14.5. The Morgan fingerprint density at radius 1 is 1.14 bits per heavy atom. The number of aryl methyl sites for hydroxylation is 1. The van der Waals surface area contributed by atoms with Crippen molar-refractivity contribution in [2.24, 2.45) is 0 Å². The van der Waals surface area contributed by atoms with Gasteiger partial charge in [0.15, 0.2) is 11.5 Å². The van der Waals surface area contributed by atoms with Gasteiger partial charge < -0.3 is 14.8 Å². The van der Waals surface area contributed by atoms with E-state index in [1.54, 1.807) is 0 Å². The van der Waals surface area contributed by atoms with Crippen molar-refractivity contribution in [1.29, 1.82) is 0 Å². The van der Waals surface area contributed by atoms with Crippen molar-refractivity contribution in [3.8, 4) is 11.5 Å². The molecule has 2 heterocycles. The van der Waals surface area contributed by atoms with Crippen LogP contribution in [0.5, 0.6) is 11.5 Å². The highest BCUT2D eigenvalue weighted by molar-refractivity contribution is 5.40. The summed E-state index contributed by atoms with van der Waals surface area (Å²) in [6.07, 6.45) is 1.76. The molecule has 1 N–H and O–H groups in total. The van der Waals surface area contributed by atoms with E-state index in [-0.39, 0.29) is 6.10 Å². The summed E-state index contributed by atoms with van der Waals surface area (Å²) in [5.74, 6) is 2.46. The van der Waals surface area contributed by atoms with Crippen LogP contribution >= 0.6 is 0 Å². The fourth-order valence-corrected chi connectivity index (χ4v) is 2.28. The Morgan fingerprint density at radius 3 is 2.76 bits per heavy atom. The lowest BCUT2D eigenvalue weighted by molar-refractivity contribution is 0.0849. The molecule has 0 spiro atoms. The van der Waals surface area contributed by atoms with Crippen LogP contribution in [0.1, 0.15) is 19.0 Å². The topological polar surface area (TPSA) is 56.3 Å². The first-order chi connectivity index (χ1) is 10.3. The Kier molecular flexibility index (Phi) is 4.19. The quantitative estimate of drug-likeness (QED) is 0.915. The Hall–Kier alpha value is -2.30. The van der Waals surface area contributed by atoms with Gasteiger partial charge in [-0.1, -0.05) is 12.1 Å². The van der Waals surface area contributed by atoms with Crippen molar-refractivity contribution in [3.63, 3.8) is 0 Å². The second-order valence-electron chi connectivity index (χ2n) is 4.98. The molecule has 2 aromatic rings. The van der Waals surface area contributed by atoms with Crippen LogP contribution in [0.2, 0.25) is 0 Å². The number of hydrogen-bond donors (Lipinski definition) is 1. The summed E-state index contributed by atoms with van der Waals surface area (Å²) < 4.78 is 11.6. The number of benzene rings is 1. The SMILES string of the molecule is CCNc1ccc(CC[C@@H]2COc3ccccc3O2)nn1. The van der Waals surface area contributed by atoms with Crippen LogP contribution in [0.25, 0.3) is 0 Å². The van der Waals surface area contributed by atoms with E-state index >= 15 is 0 Å². The van der Waals surface area contributed by atoms with Gasteiger partial charge in [-0.3, -0.25) is 0 Å². The van der Waals surface area contributed by atoms with E-state index in [9.17, 15) is 0 Å². The molecule has 5 heteroatoms. The summed E-state index contributed by atoms with van der Waals surface area (Å²) in [5, 5.41) is 11.5. The van der Waals surface area contributed by atoms with E-state index in [0.29, 0.717) is 6.61 Å². The van der Waals surface area contributed by atoms with Crippen molar-refractivity contribution in [3.05, 3.63) is 42.1 Å². The minimum atomic E-state index is 0.0649. The third-order valence-corrected chi connectivity index (χ3v) is 3.37. The number of fused-ring (bicyclic) bond motifs is 1. The van der Waals surface area contributed by atoms with Gasteiger partial charge in [0.25, 0.3) is 0 Å². The predicted molar refractivity (Wildman–Crippen MR) is 80.9 cm³/mol. The first kappa shape index (κ1) is 13.7. The molecular formula is C16H19N3O2. The van der Waals surface area contributed by atoms with Crippen LogP contribution in [0.3, 0.4) is 0 Å². The highest BCUT2D eigenvalue weighted by atomic mass is 16.6. The third-order valence-electron chi connectivity index (χ3n) is 3.37. The van der Waals surface area contributed by atoms with Crippen molar-refractivity contribution < 1.29 is 9.47 Å². The molecule has 1 atom stereocenters. The van der Waals surface area contributed by atoms with Gasteiger partial charge in [-0.2, -0.15) is 5.10 Å². The molecule has 1 aromatic carbocycles. The highest BCUT2D eigenvalue weighted by Gasteiger charge is 2.20. The minimum absolute atomic E-state index is 0.0649. The van der Waals surface area contributed by atoms with Gasteiger partial charge in [-0.05, 0) is 44.0 Å². The Labute approximate surface area is 124 Å². The van der Waals surface area contributed by atoms with Gasteiger partial charge in [0.2, 0.25) is 0 Å². The summed E-state index contributed by atoms with van der Waals surface area (Å²) in [6, 6.07) is 11.7. The molecule has 0 saturated heterocycles. The summed E-state index contributed by atoms with van der Waals surface area (Å²) in [5.41, 5.74) is 0.971. The number of anilines is 1. The monoisotopic (exact) mass is 285 g/mol. The largest absolute Gasteiger partial charge is 0.486 e. The number of para-hydroxylation sites is 2. The number of ether oxygens (including phenoxy) is 2. The molecule has 1 aromatic heterocycles. The molecular weight excluding hydrogens is 266 g/mol. The lowest BCUT2D eigenvalue weighted by Gasteiger charge is -2.26. The molecule has 0 radical (unpaired) electrons. The maximum Gasteiger partial charge on any atom is 0.161 e. The molecule has 0 aliphatic carbocycles. The molecule has 0 unspecified atom stereocenters. The highest BCUT2D eigenvalue weighted by Crippen LogP contribution is 2.31. The van der Waals surface area contributed by atoms with E-state index < -0.39 is 0 Å². The zero-order valence-electron chi connectivity index (χ0n) is 12.1. The van der Waals surface area contributed by atoms with Crippen LogP contribution in [0, 0.1) is 0 Å². The molecule has 1 aliphatic heterocycles. The summed E-state index contributed by atoms with van der Waals surface area (Å²) in [7, 11) is 0. The maximum absolute atomic E-state index is 5.93. The number of nitrogens with one attached hydrogen (secondary N) is 1. The first-order valence-electron chi connectivity index (χ1n) is 7.30. The Bertz CT molecular complexity index is 586. The zero-order valence-corrected chi connectivity index (χ0v) is 12.1. The maximum atomic E-state index is 5.93. The van der Waals surface area contributed by atoms with E-state index in [0.717, 1.165) is 42.4 Å². The predicted octanol–water partition coefficient (Wildman–Crippen LogP) is 2.68. The molecule has 0 bridgehead atoms. The second-order valence-corrected chi connectivity index (χ2v) is 4.98. The number of aromatic nitrogens is 2. The average Bonchev–Trinajstić information content (AvgIpc) is 2.54. The molecule has 0 saturated carbocycles. The first-order valence-corrected chi connectivity index (χ1v) is 7.30. The molecule has 110 valence electrons. The molecule has 5 nitrogen and oxygen atoms in total. The molecule has 21 heavy (non-hydrogen) atoms. The lowest BCUT2D eigenvalue weighted by Crippen LogP contribution is -2.29. The normalized spacial score (nSPS) is 16.5. The second kappa shape index (κ2) is 6.43. The van der Waals surface area contributed by atoms with Crippen LogP contribution < -0.4 is 14.8 Å². The molecule has 3 rings (SSSR count). The summed E-state index contributed by atoms with van der Waals surface area (Å²) in [6.45, 7) is 3.47. The van der Waals surface area contributed by atoms with Gasteiger partial charge >= 0.3 is 0 Å². The van der Waals surface area contributed by atoms with Gasteiger partial charge in [-0.25, -0.2) is 0 Å².